The number of halogens is 2. The van der Waals surface area contributed by atoms with Gasteiger partial charge in [0.05, 0.1) is 4.70 Å². The zero-order valence-electron chi connectivity index (χ0n) is 6.25. The molecule has 0 aliphatic rings. The number of carbonyl (C=O) groups is 1. The van der Waals surface area contributed by atoms with Gasteiger partial charge in [0.25, 0.3) is 5.24 Å². The molecule has 13 heavy (non-hydrogen) atoms. The van der Waals surface area contributed by atoms with E-state index in [0.717, 1.165) is 11.3 Å². The smallest absolute Gasteiger partial charge is 0.273 e. The molecule has 2 nitrogen and oxygen atoms in total. The number of hydrogen-bond donors (Lipinski definition) is 0. The maximum absolute atomic E-state index is 13.1. The summed E-state index contributed by atoms with van der Waals surface area (Å²) in [4.78, 5) is 14.5. The van der Waals surface area contributed by atoms with E-state index in [1.165, 1.54) is 6.07 Å². The Morgan fingerprint density at radius 3 is 2.92 bits per heavy atom. The number of nitrogens with zero attached hydrogens (tertiary/aromatic N) is 1. The van der Waals surface area contributed by atoms with Crippen molar-refractivity contribution in [2.75, 3.05) is 0 Å². The van der Waals surface area contributed by atoms with Gasteiger partial charge in [-0.25, -0.2) is 9.37 Å². The van der Waals surface area contributed by atoms with Crippen molar-refractivity contribution in [3.05, 3.63) is 29.0 Å². The number of hydrogen-bond acceptors (Lipinski definition) is 3. The van der Waals surface area contributed by atoms with Gasteiger partial charge in [-0.05, 0) is 23.7 Å². The van der Waals surface area contributed by atoms with Crippen molar-refractivity contribution in [1.82, 2.24) is 4.98 Å². The molecule has 5 heteroatoms. The largest absolute Gasteiger partial charge is 0.281 e. The van der Waals surface area contributed by atoms with Crippen molar-refractivity contribution in [3.8, 4) is 0 Å². The first kappa shape index (κ1) is 8.59. The van der Waals surface area contributed by atoms with Crippen molar-refractivity contribution < 1.29 is 9.18 Å². The van der Waals surface area contributed by atoms with E-state index >= 15 is 0 Å². The normalized spacial score (nSPS) is 10.6. The minimum atomic E-state index is -0.652. The summed E-state index contributed by atoms with van der Waals surface area (Å²) in [6.07, 6.45) is 0. The summed E-state index contributed by atoms with van der Waals surface area (Å²) in [5, 5.41) is -0.526. The molecule has 0 N–H and O–H groups in total. The highest BCUT2D eigenvalue weighted by Gasteiger charge is 2.11. The molecule has 2 aromatic rings. The highest BCUT2D eigenvalue weighted by Crippen LogP contribution is 2.24. The van der Waals surface area contributed by atoms with Crippen LogP contribution in [0, 0.1) is 5.82 Å². The third kappa shape index (κ3) is 1.43. The van der Waals surface area contributed by atoms with Crippen molar-refractivity contribution in [2.45, 2.75) is 0 Å². The summed E-state index contributed by atoms with van der Waals surface area (Å²) in [7, 11) is 0. The first-order valence-corrected chi connectivity index (χ1v) is 4.63. The van der Waals surface area contributed by atoms with Crippen molar-refractivity contribution in [3.63, 3.8) is 0 Å². The summed E-state index contributed by atoms with van der Waals surface area (Å²) in [5.41, 5.74) is 0.205. The molecule has 0 fully saturated rings. The van der Waals surface area contributed by atoms with Crippen LogP contribution >= 0.6 is 22.9 Å². The predicted molar refractivity (Wildman–Crippen MR) is 49.8 cm³/mol. The van der Waals surface area contributed by atoms with E-state index in [1.54, 1.807) is 12.1 Å². The molecule has 0 bridgehead atoms. The van der Waals surface area contributed by atoms with Crippen LogP contribution in [0.5, 0.6) is 0 Å². The van der Waals surface area contributed by atoms with Gasteiger partial charge in [0.2, 0.25) is 0 Å². The summed E-state index contributed by atoms with van der Waals surface area (Å²) in [6, 6.07) is 4.56. The van der Waals surface area contributed by atoms with Gasteiger partial charge in [-0.1, -0.05) is 6.07 Å². The standard InChI is InChI=1S/C8H3ClFNOS/c9-7(12)8-11-6-4(10)2-1-3-5(6)13-8/h1-3H. The molecule has 0 radical (unpaired) electrons. The number of thiazole rings is 1. The Kier molecular flexibility index (Phi) is 2.01. The molecule has 1 heterocycles. The van der Waals surface area contributed by atoms with Crippen LogP contribution in [-0.4, -0.2) is 10.2 Å². The van der Waals surface area contributed by atoms with E-state index in [2.05, 4.69) is 4.98 Å². The number of para-hydroxylation sites is 1. The van der Waals surface area contributed by atoms with Crippen LogP contribution in [0.2, 0.25) is 0 Å². The topological polar surface area (TPSA) is 30.0 Å². The average Bonchev–Trinajstić information content (AvgIpc) is 2.49. The number of carbonyl (C=O) groups excluding carboxylic acids is 1. The van der Waals surface area contributed by atoms with Crippen LogP contribution < -0.4 is 0 Å². The van der Waals surface area contributed by atoms with E-state index in [4.69, 9.17) is 11.6 Å². The Morgan fingerprint density at radius 1 is 1.54 bits per heavy atom. The number of benzene rings is 1. The molecule has 0 saturated heterocycles. The molecular weight excluding hydrogens is 213 g/mol. The van der Waals surface area contributed by atoms with Gasteiger partial charge in [-0.3, -0.25) is 4.79 Å². The summed E-state index contributed by atoms with van der Waals surface area (Å²) >= 11 is 6.30. The summed E-state index contributed by atoms with van der Waals surface area (Å²) < 4.78 is 13.7. The minimum absolute atomic E-state index is 0.127. The highest BCUT2D eigenvalue weighted by atomic mass is 35.5. The molecule has 0 aliphatic carbocycles. The first-order valence-electron chi connectivity index (χ1n) is 3.43. The van der Waals surface area contributed by atoms with Gasteiger partial charge < -0.3 is 0 Å². The minimum Gasteiger partial charge on any atom is -0.273 e. The number of aromatic nitrogens is 1. The Morgan fingerprint density at radius 2 is 2.31 bits per heavy atom. The lowest BCUT2D eigenvalue weighted by Crippen LogP contribution is -1.85. The second kappa shape index (κ2) is 3.05. The van der Waals surface area contributed by atoms with E-state index in [0.29, 0.717) is 4.70 Å². The van der Waals surface area contributed by atoms with Gasteiger partial charge in [0.1, 0.15) is 11.3 Å². The summed E-state index contributed by atoms with van der Waals surface area (Å²) in [5.74, 6) is -0.432. The lowest BCUT2D eigenvalue weighted by atomic mass is 10.3. The van der Waals surface area contributed by atoms with Crippen molar-refractivity contribution >= 4 is 38.4 Å². The fraction of sp³-hybridized carbons (Fsp3) is 0. The average molecular weight is 216 g/mol. The van der Waals surface area contributed by atoms with Gasteiger partial charge in [0.15, 0.2) is 5.01 Å². The first-order chi connectivity index (χ1) is 6.18. The molecule has 0 unspecified atom stereocenters. The fourth-order valence-corrected chi connectivity index (χ4v) is 1.97. The molecule has 0 spiro atoms. The molecule has 0 atom stereocenters. The Labute approximate surface area is 82.0 Å². The van der Waals surface area contributed by atoms with Gasteiger partial charge in [-0.2, -0.15) is 0 Å². The van der Waals surface area contributed by atoms with Crippen LogP contribution in [0.4, 0.5) is 4.39 Å². The second-order valence-corrected chi connectivity index (χ2v) is 3.75. The molecule has 0 amide bonds. The van der Waals surface area contributed by atoms with E-state index in [9.17, 15) is 9.18 Å². The van der Waals surface area contributed by atoms with E-state index < -0.39 is 11.1 Å². The predicted octanol–water partition coefficient (Wildman–Crippen LogP) is 2.81. The molecule has 1 aromatic carbocycles. The molecule has 1 aromatic heterocycles. The summed E-state index contributed by atoms with van der Waals surface area (Å²) in [6.45, 7) is 0. The highest BCUT2D eigenvalue weighted by molar-refractivity contribution is 7.21. The van der Waals surface area contributed by atoms with Crippen molar-refractivity contribution in [1.29, 1.82) is 0 Å². The zero-order chi connectivity index (χ0) is 9.42. The second-order valence-electron chi connectivity index (χ2n) is 2.38. The third-order valence-corrected chi connectivity index (χ3v) is 2.85. The number of rotatable bonds is 1. The maximum atomic E-state index is 13.1. The number of fused-ring (bicyclic) bond motifs is 1. The van der Waals surface area contributed by atoms with E-state index in [-0.39, 0.29) is 10.5 Å². The lowest BCUT2D eigenvalue weighted by molar-refractivity contribution is 0.108. The van der Waals surface area contributed by atoms with Gasteiger partial charge in [-0.15, -0.1) is 11.3 Å². The van der Waals surface area contributed by atoms with Crippen LogP contribution in [0.1, 0.15) is 9.80 Å². The zero-order valence-corrected chi connectivity index (χ0v) is 7.82. The maximum Gasteiger partial charge on any atom is 0.281 e. The Bertz CT molecular complexity index is 482. The Balaban J connectivity index is 2.75. The van der Waals surface area contributed by atoms with Crippen LogP contribution in [0.15, 0.2) is 18.2 Å². The SMILES string of the molecule is O=C(Cl)c1nc2c(F)cccc2s1. The molecular formula is C8H3ClFNOS. The van der Waals surface area contributed by atoms with Crippen molar-refractivity contribution in [2.24, 2.45) is 0 Å². The quantitative estimate of drug-likeness (QED) is 0.685. The molecule has 66 valence electrons. The molecule has 0 aliphatic heterocycles. The van der Waals surface area contributed by atoms with Gasteiger partial charge in [0, 0.05) is 0 Å². The molecule has 0 saturated carbocycles. The van der Waals surface area contributed by atoms with Gasteiger partial charge >= 0.3 is 0 Å². The van der Waals surface area contributed by atoms with Crippen LogP contribution in [-0.2, 0) is 0 Å². The fourth-order valence-electron chi connectivity index (χ4n) is 0.999. The third-order valence-electron chi connectivity index (χ3n) is 1.54. The Hall–Kier alpha value is -1.000. The van der Waals surface area contributed by atoms with Crippen LogP contribution in [0.3, 0.4) is 0 Å². The lowest BCUT2D eigenvalue weighted by Gasteiger charge is -1.86. The monoisotopic (exact) mass is 215 g/mol. The molecule has 2 rings (SSSR count). The van der Waals surface area contributed by atoms with E-state index in [1.807, 2.05) is 0 Å². The van der Waals surface area contributed by atoms with Crippen LogP contribution in [0.25, 0.3) is 10.2 Å².